The molecule has 38 heavy (non-hydrogen) atoms. The highest BCUT2D eigenvalue weighted by molar-refractivity contribution is 5.83. The van der Waals surface area contributed by atoms with Gasteiger partial charge in [0.05, 0.1) is 0 Å². The Morgan fingerprint density at radius 2 is 1.34 bits per heavy atom. The molecule has 4 N–H and O–H groups in total. The second-order valence-electron chi connectivity index (χ2n) is 10.5. The maximum absolute atomic E-state index is 12.4. The van der Waals surface area contributed by atoms with E-state index in [4.69, 9.17) is 10.5 Å². The topological polar surface area (TPSA) is 119 Å². The zero-order valence-electron chi connectivity index (χ0n) is 24.5. The molecule has 0 aliphatic heterocycles. The summed E-state index contributed by atoms with van der Waals surface area (Å²) in [7, 11) is 0. The molecule has 0 aromatic heterocycles. The van der Waals surface area contributed by atoms with E-state index < -0.39 is 12.0 Å². The number of hydrogen-bond donors (Lipinski definition) is 3. The molecule has 0 aliphatic rings. The van der Waals surface area contributed by atoms with E-state index in [1.54, 1.807) is 0 Å². The Labute approximate surface area is 232 Å². The third kappa shape index (κ3) is 23.2. The number of allylic oxidation sites excluding steroid dienone is 1. The lowest BCUT2D eigenvalue weighted by atomic mass is 10.1. The van der Waals surface area contributed by atoms with Crippen LogP contribution in [0.15, 0.2) is 12.2 Å². The summed E-state index contributed by atoms with van der Waals surface area (Å²) in [5.41, 5.74) is 5.43. The summed E-state index contributed by atoms with van der Waals surface area (Å²) >= 11 is 0. The molecule has 0 aliphatic carbocycles. The molecular weight excluding hydrogens is 480 g/mol. The fourth-order valence-corrected chi connectivity index (χ4v) is 4.42. The lowest BCUT2D eigenvalue weighted by Crippen LogP contribution is -2.40. The Morgan fingerprint density at radius 1 is 0.763 bits per heavy atom. The van der Waals surface area contributed by atoms with Gasteiger partial charge in [0, 0.05) is 12.8 Å². The number of nitrogens with two attached hydrogens (primary N) is 1. The van der Waals surface area contributed by atoms with Gasteiger partial charge < -0.3 is 20.9 Å². The van der Waals surface area contributed by atoms with Gasteiger partial charge in [-0.1, -0.05) is 97.0 Å². The van der Waals surface area contributed by atoms with Crippen LogP contribution in [0.25, 0.3) is 0 Å². The van der Waals surface area contributed by atoms with E-state index in [1.165, 1.54) is 51.4 Å². The van der Waals surface area contributed by atoms with Gasteiger partial charge >= 0.3 is 11.9 Å². The van der Waals surface area contributed by atoms with Crippen LogP contribution < -0.4 is 11.1 Å². The van der Waals surface area contributed by atoms with Gasteiger partial charge in [-0.05, 0) is 57.6 Å². The third-order valence-electron chi connectivity index (χ3n) is 6.80. The van der Waals surface area contributed by atoms with Crippen molar-refractivity contribution in [1.82, 2.24) is 5.32 Å². The van der Waals surface area contributed by atoms with Crippen LogP contribution in [0, 0.1) is 0 Å². The van der Waals surface area contributed by atoms with Crippen molar-refractivity contribution in [2.75, 3.05) is 6.54 Å². The quantitative estimate of drug-likeness (QED) is 0.0577. The van der Waals surface area contributed by atoms with Crippen molar-refractivity contribution in [3.63, 3.8) is 0 Å². The molecule has 0 aromatic rings. The van der Waals surface area contributed by atoms with Crippen LogP contribution in [0.4, 0.5) is 0 Å². The molecule has 0 heterocycles. The number of nitrogens with one attached hydrogen (secondary N) is 1. The minimum absolute atomic E-state index is 0.102. The normalized spacial score (nSPS) is 12.9. The first kappa shape index (κ1) is 36.1. The van der Waals surface area contributed by atoms with E-state index in [0.717, 1.165) is 51.4 Å². The number of carboxylic acids is 1. The highest BCUT2D eigenvalue weighted by atomic mass is 16.5. The molecule has 2 unspecified atom stereocenters. The Balaban J connectivity index is 4.09. The number of carbonyl (C=O) groups excluding carboxylic acids is 2. The predicted octanol–water partition coefficient (Wildman–Crippen LogP) is 7.21. The fourth-order valence-electron chi connectivity index (χ4n) is 4.42. The van der Waals surface area contributed by atoms with Crippen molar-refractivity contribution >= 4 is 17.8 Å². The van der Waals surface area contributed by atoms with E-state index in [1.807, 2.05) is 6.08 Å². The minimum Gasteiger partial charge on any atom is -0.480 e. The standard InChI is InChI=1S/C31H58N2O5/c1-3-5-7-8-9-10-11-12-13-19-25-30(35)38-27(21-16-6-4-2)22-17-14-15-18-24-29(34)33-28(31(36)37)23-20-26-32/h16,21,27-28H,3-15,17-20,22-26,32H2,1-2H3,(H,33,34)(H,36,37)/b21-16-. The molecule has 0 saturated heterocycles. The lowest BCUT2D eigenvalue weighted by Gasteiger charge is -2.15. The summed E-state index contributed by atoms with van der Waals surface area (Å²) in [4.78, 5) is 35.7. The second kappa shape index (κ2) is 26.7. The minimum atomic E-state index is -1.02. The molecule has 0 aromatic carbocycles. The summed E-state index contributed by atoms with van der Waals surface area (Å²) in [5.74, 6) is -1.35. The molecule has 0 saturated carbocycles. The number of rotatable bonds is 27. The monoisotopic (exact) mass is 538 g/mol. The molecule has 0 radical (unpaired) electrons. The first-order chi connectivity index (χ1) is 18.4. The van der Waals surface area contributed by atoms with Crippen LogP contribution in [-0.2, 0) is 19.1 Å². The molecule has 0 rings (SSSR count). The van der Waals surface area contributed by atoms with Crippen LogP contribution in [0.2, 0.25) is 0 Å². The number of hydrogen-bond acceptors (Lipinski definition) is 5. The van der Waals surface area contributed by atoms with E-state index in [9.17, 15) is 19.5 Å². The second-order valence-corrected chi connectivity index (χ2v) is 10.5. The van der Waals surface area contributed by atoms with Crippen LogP contribution in [0.5, 0.6) is 0 Å². The summed E-state index contributed by atoms with van der Waals surface area (Å²) < 4.78 is 5.77. The predicted molar refractivity (Wildman–Crippen MR) is 156 cm³/mol. The molecule has 7 heteroatoms. The number of esters is 1. The molecule has 7 nitrogen and oxygen atoms in total. The van der Waals surface area contributed by atoms with Gasteiger partial charge in [0.25, 0.3) is 0 Å². The van der Waals surface area contributed by atoms with E-state index in [0.29, 0.717) is 38.6 Å². The highest BCUT2D eigenvalue weighted by Gasteiger charge is 2.18. The molecule has 0 fully saturated rings. The maximum Gasteiger partial charge on any atom is 0.326 e. The molecule has 2 atom stereocenters. The molecule has 222 valence electrons. The zero-order chi connectivity index (χ0) is 28.3. The number of carboxylic acid groups (broad SMARTS) is 1. The van der Waals surface area contributed by atoms with Gasteiger partial charge in [-0.3, -0.25) is 9.59 Å². The van der Waals surface area contributed by atoms with Gasteiger partial charge in [-0.25, -0.2) is 4.79 Å². The van der Waals surface area contributed by atoms with Crippen molar-refractivity contribution in [1.29, 1.82) is 0 Å². The van der Waals surface area contributed by atoms with Crippen molar-refractivity contribution in [2.24, 2.45) is 5.73 Å². The van der Waals surface area contributed by atoms with Gasteiger partial charge in [0.1, 0.15) is 12.1 Å². The van der Waals surface area contributed by atoms with Crippen LogP contribution >= 0.6 is 0 Å². The summed E-state index contributed by atoms with van der Waals surface area (Å²) in [6, 6.07) is -0.864. The van der Waals surface area contributed by atoms with Crippen molar-refractivity contribution in [3.8, 4) is 0 Å². The van der Waals surface area contributed by atoms with E-state index in [-0.39, 0.29) is 18.0 Å². The van der Waals surface area contributed by atoms with Crippen molar-refractivity contribution in [3.05, 3.63) is 12.2 Å². The fraction of sp³-hybridized carbons (Fsp3) is 0.839. The Kier molecular flexibility index (Phi) is 25.4. The van der Waals surface area contributed by atoms with Crippen molar-refractivity contribution in [2.45, 2.75) is 161 Å². The van der Waals surface area contributed by atoms with Gasteiger partial charge in [0.2, 0.25) is 5.91 Å². The summed E-state index contributed by atoms with van der Waals surface area (Å²) in [6.45, 7) is 4.78. The zero-order valence-corrected chi connectivity index (χ0v) is 24.5. The SMILES string of the molecule is CCC/C=C\C(CCCCCCC(=O)NC(CCCN)C(=O)O)OC(=O)CCCCCCCCCCCC. The van der Waals surface area contributed by atoms with Crippen molar-refractivity contribution < 1.29 is 24.2 Å². The lowest BCUT2D eigenvalue weighted by molar-refractivity contribution is -0.147. The molecule has 1 amide bonds. The number of unbranched alkanes of at least 4 members (excludes halogenated alkanes) is 13. The first-order valence-corrected chi connectivity index (χ1v) is 15.5. The van der Waals surface area contributed by atoms with E-state index in [2.05, 4.69) is 25.2 Å². The number of amides is 1. The van der Waals surface area contributed by atoms with Crippen LogP contribution in [-0.4, -0.2) is 41.6 Å². The highest BCUT2D eigenvalue weighted by Crippen LogP contribution is 2.15. The Morgan fingerprint density at radius 3 is 1.92 bits per heavy atom. The van der Waals surface area contributed by atoms with Gasteiger partial charge in [-0.2, -0.15) is 0 Å². The largest absolute Gasteiger partial charge is 0.480 e. The smallest absolute Gasteiger partial charge is 0.326 e. The van der Waals surface area contributed by atoms with Crippen LogP contribution in [0.3, 0.4) is 0 Å². The maximum atomic E-state index is 12.4. The number of ether oxygens (including phenoxy) is 1. The van der Waals surface area contributed by atoms with Gasteiger partial charge in [-0.15, -0.1) is 0 Å². The molecular formula is C31H58N2O5. The summed E-state index contributed by atoms with van der Waals surface area (Å²) in [5, 5.41) is 11.8. The molecule has 0 spiro atoms. The molecule has 0 bridgehead atoms. The summed E-state index contributed by atoms with van der Waals surface area (Å²) in [6.07, 6.45) is 24.4. The number of carbonyl (C=O) groups is 3. The van der Waals surface area contributed by atoms with Crippen LogP contribution in [0.1, 0.15) is 149 Å². The average molecular weight is 539 g/mol. The Bertz CT molecular complexity index is 623. The average Bonchev–Trinajstić information content (AvgIpc) is 2.89. The number of aliphatic carboxylic acids is 1. The van der Waals surface area contributed by atoms with E-state index >= 15 is 0 Å². The van der Waals surface area contributed by atoms with Gasteiger partial charge in [0.15, 0.2) is 0 Å². The Hall–Kier alpha value is -1.89. The third-order valence-corrected chi connectivity index (χ3v) is 6.80. The first-order valence-electron chi connectivity index (χ1n) is 15.5.